The van der Waals surface area contributed by atoms with Gasteiger partial charge in [0.2, 0.25) is 0 Å². The Balaban J connectivity index is 1.21. The first-order valence-corrected chi connectivity index (χ1v) is 20.3. The first-order chi connectivity index (χ1) is 21.4. The Bertz CT molecular complexity index is 1070. The van der Waals surface area contributed by atoms with Gasteiger partial charge in [0.05, 0.1) is 12.4 Å². The van der Waals surface area contributed by atoms with Crippen LogP contribution in [0.5, 0.6) is 0 Å². The van der Waals surface area contributed by atoms with Gasteiger partial charge >= 0.3 is 12.1 Å². The zero-order chi connectivity index (χ0) is 32.6. The van der Waals surface area contributed by atoms with E-state index in [4.69, 9.17) is 15.6 Å². The number of carboxylic acid groups (broad SMARTS) is 1. The molecular weight excluding hydrogens is 603 g/mol. The molecule has 0 aromatic rings. The highest BCUT2D eigenvalue weighted by Gasteiger charge is 2.59. The molecule has 4 rings (SSSR count). The van der Waals surface area contributed by atoms with E-state index in [1.54, 1.807) is 5.57 Å². The average Bonchev–Trinajstić information content (AvgIpc) is 3.34. The predicted molar refractivity (Wildman–Crippen MR) is 190 cm³/mol. The van der Waals surface area contributed by atoms with E-state index >= 15 is 0 Å². The van der Waals surface area contributed by atoms with Crippen molar-refractivity contribution in [2.24, 2.45) is 57.1 Å². The predicted octanol–water partition coefficient (Wildman–Crippen LogP) is 8.73. The Morgan fingerprint density at radius 1 is 1.09 bits per heavy atom. The van der Waals surface area contributed by atoms with Crippen LogP contribution in [0.25, 0.3) is 0 Å². The molecule has 3 saturated carbocycles. The second kappa shape index (κ2) is 16.7. The SMILES string of the molecule is CC(C)CCCC(C)C1CCC2C3CC=C4CC(OC(=O)NCCN=C(N)CCCSSCC(=O)O)CCC4(C)C3CCC12C. The van der Waals surface area contributed by atoms with E-state index in [2.05, 4.69) is 51.0 Å². The number of nitrogens with zero attached hydrogens (tertiary/aromatic N) is 1. The molecule has 8 unspecified atom stereocenters. The average molecular weight is 664 g/mol. The third-order valence-corrected chi connectivity index (χ3v) is 14.5. The number of fused-ring (bicyclic) bond motifs is 5. The molecule has 45 heavy (non-hydrogen) atoms. The summed E-state index contributed by atoms with van der Waals surface area (Å²) in [5, 5.41) is 11.5. The molecule has 0 saturated heterocycles. The summed E-state index contributed by atoms with van der Waals surface area (Å²) in [5.41, 5.74) is 8.30. The number of aliphatic carboxylic acids is 1. The lowest BCUT2D eigenvalue weighted by Gasteiger charge is -2.58. The maximum atomic E-state index is 12.6. The zero-order valence-electron chi connectivity index (χ0n) is 28.7. The Morgan fingerprint density at radius 2 is 1.89 bits per heavy atom. The summed E-state index contributed by atoms with van der Waals surface area (Å²) < 4.78 is 5.90. The lowest BCUT2D eigenvalue weighted by molar-refractivity contribution is -0.133. The third kappa shape index (κ3) is 9.39. The van der Waals surface area contributed by atoms with Gasteiger partial charge in [-0.2, -0.15) is 0 Å². The normalized spacial score (nSPS) is 33.5. The lowest BCUT2D eigenvalue weighted by atomic mass is 9.47. The lowest BCUT2D eigenvalue weighted by Crippen LogP contribution is -2.51. The van der Waals surface area contributed by atoms with Crippen LogP contribution in [0.1, 0.15) is 118 Å². The fourth-order valence-corrected chi connectivity index (χ4v) is 11.7. The number of alkyl carbamates (subject to hydrolysis) is 1. The Hall–Kier alpha value is -1.35. The molecule has 4 aliphatic rings. The minimum Gasteiger partial charge on any atom is -0.481 e. The number of aliphatic imine (C=N–C) groups is 1. The Kier molecular flexibility index (Phi) is 13.5. The molecular formula is C36H61N3O4S2. The van der Waals surface area contributed by atoms with Gasteiger partial charge in [0.15, 0.2) is 0 Å². The number of nitrogens with two attached hydrogens (primary N) is 1. The van der Waals surface area contributed by atoms with E-state index in [1.807, 2.05) is 0 Å². The highest BCUT2D eigenvalue weighted by molar-refractivity contribution is 8.76. The number of amides is 1. The van der Waals surface area contributed by atoms with Gasteiger partial charge in [-0.1, -0.05) is 87.1 Å². The van der Waals surface area contributed by atoms with Crippen LogP contribution in [0.3, 0.4) is 0 Å². The summed E-state index contributed by atoms with van der Waals surface area (Å²) >= 11 is 0. The van der Waals surface area contributed by atoms with Crippen LogP contribution in [0, 0.1) is 46.3 Å². The molecule has 9 heteroatoms. The number of ether oxygens (including phenoxy) is 1. The first-order valence-electron chi connectivity index (χ1n) is 17.8. The summed E-state index contributed by atoms with van der Waals surface area (Å²) in [4.78, 5) is 27.5. The van der Waals surface area contributed by atoms with Crippen molar-refractivity contribution >= 4 is 39.5 Å². The summed E-state index contributed by atoms with van der Waals surface area (Å²) in [6, 6.07) is 0. The van der Waals surface area contributed by atoms with E-state index < -0.39 is 5.97 Å². The number of nitrogens with one attached hydrogen (secondary N) is 1. The summed E-state index contributed by atoms with van der Waals surface area (Å²) in [6.07, 6.45) is 17.6. The number of rotatable bonds is 16. The van der Waals surface area contributed by atoms with Crippen molar-refractivity contribution in [1.29, 1.82) is 0 Å². The van der Waals surface area contributed by atoms with Gasteiger partial charge in [0.1, 0.15) is 11.9 Å². The number of carboxylic acids is 1. The number of hydrogen-bond donors (Lipinski definition) is 3. The molecule has 0 aliphatic heterocycles. The smallest absolute Gasteiger partial charge is 0.407 e. The Labute approximate surface area is 280 Å². The molecule has 0 aromatic heterocycles. The van der Waals surface area contributed by atoms with Crippen molar-refractivity contribution < 1.29 is 19.4 Å². The van der Waals surface area contributed by atoms with Crippen molar-refractivity contribution in [1.82, 2.24) is 5.32 Å². The van der Waals surface area contributed by atoms with Crippen molar-refractivity contribution in [2.45, 2.75) is 124 Å². The second-order valence-corrected chi connectivity index (χ2v) is 18.0. The number of carbonyl (C=O) groups excluding carboxylic acids is 1. The van der Waals surface area contributed by atoms with Gasteiger partial charge in [0.25, 0.3) is 0 Å². The minimum absolute atomic E-state index is 0.0534. The fraction of sp³-hybridized carbons (Fsp3) is 0.861. The molecule has 256 valence electrons. The molecule has 0 bridgehead atoms. The highest BCUT2D eigenvalue weighted by Crippen LogP contribution is 2.67. The van der Waals surface area contributed by atoms with E-state index in [1.165, 1.54) is 73.0 Å². The summed E-state index contributed by atoms with van der Waals surface area (Å²) in [7, 11) is 2.88. The van der Waals surface area contributed by atoms with E-state index in [0.717, 1.165) is 66.9 Å². The number of hydrogen-bond acceptors (Lipinski definition) is 6. The third-order valence-electron chi connectivity index (χ3n) is 12.2. The Morgan fingerprint density at radius 3 is 2.64 bits per heavy atom. The van der Waals surface area contributed by atoms with Gasteiger partial charge in [-0.15, -0.1) is 0 Å². The van der Waals surface area contributed by atoms with Crippen LogP contribution in [0.4, 0.5) is 4.79 Å². The maximum absolute atomic E-state index is 12.6. The van der Waals surface area contributed by atoms with E-state index in [0.29, 0.717) is 30.8 Å². The quantitative estimate of drug-likeness (QED) is 0.0498. The van der Waals surface area contributed by atoms with Crippen LogP contribution in [-0.2, 0) is 9.53 Å². The van der Waals surface area contributed by atoms with Crippen molar-refractivity contribution in [2.75, 3.05) is 24.6 Å². The van der Waals surface area contributed by atoms with Crippen LogP contribution >= 0.6 is 21.6 Å². The summed E-state index contributed by atoms with van der Waals surface area (Å²) in [6.45, 7) is 13.3. The molecule has 4 aliphatic carbocycles. The zero-order valence-corrected chi connectivity index (χ0v) is 30.3. The largest absolute Gasteiger partial charge is 0.481 e. The molecule has 4 N–H and O–H groups in total. The van der Waals surface area contributed by atoms with Crippen LogP contribution < -0.4 is 11.1 Å². The topological polar surface area (TPSA) is 114 Å². The van der Waals surface area contributed by atoms with Gasteiger partial charge < -0.3 is 20.9 Å². The van der Waals surface area contributed by atoms with Crippen LogP contribution in [0.15, 0.2) is 16.6 Å². The number of carbonyl (C=O) groups is 2. The fourth-order valence-electron chi connectivity index (χ4n) is 9.85. The number of allylic oxidation sites excluding steroid dienone is 1. The number of amidine groups is 1. The van der Waals surface area contributed by atoms with Gasteiger partial charge in [-0.05, 0) is 97.7 Å². The van der Waals surface area contributed by atoms with Crippen molar-refractivity contribution in [3.05, 3.63) is 11.6 Å². The molecule has 3 fully saturated rings. The van der Waals surface area contributed by atoms with Gasteiger partial charge in [-0.3, -0.25) is 9.79 Å². The monoisotopic (exact) mass is 663 g/mol. The maximum Gasteiger partial charge on any atom is 0.407 e. The first kappa shape index (κ1) is 36.5. The summed E-state index contributed by atoms with van der Waals surface area (Å²) in [5.74, 6) is 5.69. The molecule has 0 spiro atoms. The minimum atomic E-state index is -0.799. The second-order valence-electron chi connectivity index (χ2n) is 15.4. The van der Waals surface area contributed by atoms with Gasteiger partial charge in [-0.25, -0.2) is 4.79 Å². The molecule has 0 heterocycles. The molecule has 0 aromatic carbocycles. The molecule has 0 radical (unpaired) electrons. The molecule has 7 nitrogen and oxygen atoms in total. The van der Waals surface area contributed by atoms with Crippen LogP contribution in [-0.4, -0.2) is 53.7 Å². The van der Waals surface area contributed by atoms with Crippen molar-refractivity contribution in [3.8, 4) is 0 Å². The van der Waals surface area contributed by atoms with E-state index in [-0.39, 0.29) is 23.4 Å². The standard InChI is InChI=1S/C36H61N3O4S2/c1-24(2)8-6-9-25(3)29-13-14-30-28-12-11-26-22-27(15-17-35(26,4)31(28)16-18-36(29,30)5)43-34(42)39-20-19-38-32(37)10-7-21-44-45-23-33(40)41/h11,24-25,27-31H,6-10,12-23H2,1-5H3,(H2,37,38)(H,39,42)(H,40,41). The van der Waals surface area contributed by atoms with Gasteiger partial charge in [0, 0.05) is 25.1 Å². The van der Waals surface area contributed by atoms with Crippen LogP contribution in [0.2, 0.25) is 0 Å². The highest BCUT2D eigenvalue weighted by atomic mass is 33.1. The van der Waals surface area contributed by atoms with E-state index in [9.17, 15) is 9.59 Å². The van der Waals surface area contributed by atoms with Crippen molar-refractivity contribution in [3.63, 3.8) is 0 Å². The molecule has 8 atom stereocenters. The molecule has 1 amide bonds.